The molecule has 1 aliphatic heterocycles. The van der Waals surface area contributed by atoms with Crippen LogP contribution < -0.4 is 15.8 Å². The third kappa shape index (κ3) is 5.84. The zero-order chi connectivity index (χ0) is 26.7. The van der Waals surface area contributed by atoms with Gasteiger partial charge < -0.3 is 16.0 Å². The van der Waals surface area contributed by atoms with E-state index in [-0.39, 0.29) is 28.7 Å². The molecule has 1 heterocycles. The van der Waals surface area contributed by atoms with Gasteiger partial charge in [-0.2, -0.15) is 0 Å². The number of aryl methyl sites for hydroxylation is 1. The second-order valence-electron chi connectivity index (χ2n) is 9.81. The maximum Gasteiger partial charge on any atom is 0.255 e. The van der Waals surface area contributed by atoms with Crippen molar-refractivity contribution in [2.24, 2.45) is 11.7 Å². The van der Waals surface area contributed by atoms with Gasteiger partial charge in [-0.15, -0.1) is 0 Å². The Morgan fingerprint density at radius 1 is 1.00 bits per heavy atom. The molecule has 0 saturated carbocycles. The molecule has 1 fully saturated rings. The summed E-state index contributed by atoms with van der Waals surface area (Å²) in [5.41, 5.74) is 7.72. The molecule has 196 valence electrons. The highest BCUT2D eigenvalue weighted by Crippen LogP contribution is 2.31. The summed E-state index contributed by atoms with van der Waals surface area (Å²) in [5, 5.41) is 4.08. The van der Waals surface area contributed by atoms with Crippen LogP contribution in [-0.4, -0.2) is 50.3 Å². The molecule has 3 atom stereocenters. The largest absolute Gasteiger partial charge is 0.341 e. The van der Waals surface area contributed by atoms with E-state index in [0.717, 1.165) is 18.4 Å². The first-order valence-electron chi connectivity index (χ1n) is 12.5. The van der Waals surface area contributed by atoms with Crippen molar-refractivity contribution < 1.29 is 18.0 Å². The zero-order valence-electron chi connectivity index (χ0n) is 21.4. The van der Waals surface area contributed by atoms with Gasteiger partial charge in [-0.25, -0.2) is 13.1 Å². The lowest BCUT2D eigenvalue weighted by Crippen LogP contribution is -2.51. The van der Waals surface area contributed by atoms with Crippen LogP contribution in [0.25, 0.3) is 10.8 Å². The molecule has 37 heavy (non-hydrogen) atoms. The van der Waals surface area contributed by atoms with Crippen LogP contribution in [0.4, 0.5) is 5.69 Å². The molecule has 0 aromatic heterocycles. The maximum absolute atomic E-state index is 13.5. The average Bonchev–Trinajstić information content (AvgIpc) is 2.88. The number of likely N-dealkylation sites (tertiary alicyclic amines) is 1. The molecular formula is C28H34N4O4S. The number of amides is 2. The number of hydrogen-bond acceptors (Lipinski definition) is 5. The maximum atomic E-state index is 13.5. The number of sulfonamides is 1. The molecule has 8 nitrogen and oxygen atoms in total. The molecule has 2 unspecified atom stereocenters. The lowest BCUT2D eigenvalue weighted by atomic mass is 9.92. The summed E-state index contributed by atoms with van der Waals surface area (Å²) in [6, 6.07) is 16.6. The Morgan fingerprint density at radius 2 is 1.68 bits per heavy atom. The summed E-state index contributed by atoms with van der Waals surface area (Å²) < 4.78 is 29.9. The highest BCUT2D eigenvalue weighted by Gasteiger charge is 2.31. The minimum atomic E-state index is -3.88. The number of nitrogens with zero attached hydrogens (tertiary/aromatic N) is 1. The number of carbonyl (C=O) groups excluding carboxylic acids is 2. The highest BCUT2D eigenvalue weighted by molar-refractivity contribution is 7.89. The van der Waals surface area contributed by atoms with Crippen molar-refractivity contribution >= 4 is 38.3 Å². The standard InChI is InChI=1S/C28H34N4O4S/c1-18-9-4-5-11-22(18)27(33)30-25-14-15-26(24-13-7-6-12-23(24)25)37(35,36)31-20(3)21-10-8-16-32(17-21)28(34)19(2)29/h4-7,9,11-15,19-21,31H,8,10,16-17,29H2,1-3H3,(H,30,33)/t19-,20?,21?/m0/s1. The number of hydrogen-bond donors (Lipinski definition) is 3. The number of piperidine rings is 1. The van der Waals surface area contributed by atoms with Crippen LogP contribution >= 0.6 is 0 Å². The molecule has 0 bridgehead atoms. The van der Waals surface area contributed by atoms with Crippen LogP contribution in [0, 0.1) is 12.8 Å². The Hall–Kier alpha value is -3.27. The van der Waals surface area contributed by atoms with Gasteiger partial charge in [0.2, 0.25) is 15.9 Å². The van der Waals surface area contributed by atoms with Gasteiger partial charge in [0.25, 0.3) is 5.91 Å². The van der Waals surface area contributed by atoms with E-state index in [1.807, 2.05) is 32.0 Å². The zero-order valence-corrected chi connectivity index (χ0v) is 22.2. The van der Waals surface area contributed by atoms with Gasteiger partial charge >= 0.3 is 0 Å². The Balaban J connectivity index is 1.58. The summed E-state index contributed by atoms with van der Waals surface area (Å²) in [4.78, 5) is 27.2. The molecule has 0 aliphatic carbocycles. The van der Waals surface area contributed by atoms with Crippen molar-refractivity contribution in [3.63, 3.8) is 0 Å². The fourth-order valence-corrected chi connectivity index (χ4v) is 6.47. The predicted octanol–water partition coefficient (Wildman–Crippen LogP) is 3.65. The summed E-state index contributed by atoms with van der Waals surface area (Å²) in [6.45, 7) is 6.47. The second-order valence-corrected chi connectivity index (χ2v) is 11.5. The molecule has 0 spiro atoms. The smallest absolute Gasteiger partial charge is 0.255 e. The molecule has 4 rings (SSSR count). The monoisotopic (exact) mass is 522 g/mol. The number of rotatable bonds is 7. The van der Waals surface area contributed by atoms with Gasteiger partial charge in [0, 0.05) is 41.2 Å². The van der Waals surface area contributed by atoms with E-state index in [1.165, 1.54) is 6.07 Å². The van der Waals surface area contributed by atoms with Crippen molar-refractivity contribution in [2.45, 2.75) is 50.6 Å². The SMILES string of the molecule is Cc1ccccc1C(=O)Nc1ccc(S(=O)(=O)NC(C)C2CCCN(C(=O)[C@H](C)N)C2)c2ccccc12. The number of benzene rings is 3. The minimum absolute atomic E-state index is 0.0230. The van der Waals surface area contributed by atoms with E-state index in [0.29, 0.717) is 35.1 Å². The van der Waals surface area contributed by atoms with Crippen LogP contribution in [-0.2, 0) is 14.8 Å². The minimum Gasteiger partial charge on any atom is -0.341 e. The Labute approximate surface area is 218 Å². The van der Waals surface area contributed by atoms with Crippen LogP contribution in [0.2, 0.25) is 0 Å². The van der Waals surface area contributed by atoms with E-state index >= 15 is 0 Å². The van der Waals surface area contributed by atoms with Crippen LogP contribution in [0.15, 0.2) is 65.6 Å². The molecule has 3 aromatic rings. The fraction of sp³-hybridized carbons (Fsp3) is 0.357. The normalized spacial score (nSPS) is 17.8. The van der Waals surface area contributed by atoms with Crippen molar-refractivity contribution in [2.75, 3.05) is 18.4 Å². The lowest BCUT2D eigenvalue weighted by Gasteiger charge is -2.36. The van der Waals surface area contributed by atoms with Gasteiger partial charge in [0.05, 0.1) is 10.9 Å². The van der Waals surface area contributed by atoms with Gasteiger partial charge in [-0.3, -0.25) is 9.59 Å². The highest BCUT2D eigenvalue weighted by atomic mass is 32.2. The quantitative estimate of drug-likeness (QED) is 0.437. The van der Waals surface area contributed by atoms with Gasteiger partial charge in [-0.05, 0) is 63.3 Å². The van der Waals surface area contributed by atoms with E-state index in [2.05, 4.69) is 10.0 Å². The number of nitrogens with two attached hydrogens (primary N) is 1. The third-order valence-electron chi connectivity index (χ3n) is 7.02. The Morgan fingerprint density at radius 3 is 2.38 bits per heavy atom. The Bertz CT molecular complexity index is 1420. The van der Waals surface area contributed by atoms with Crippen LogP contribution in [0.3, 0.4) is 0 Å². The van der Waals surface area contributed by atoms with Crippen molar-refractivity contribution in [1.82, 2.24) is 9.62 Å². The summed E-state index contributed by atoms with van der Waals surface area (Å²) in [5.74, 6) is -0.395. The van der Waals surface area contributed by atoms with Gasteiger partial charge in [0.15, 0.2) is 0 Å². The van der Waals surface area contributed by atoms with Crippen LogP contribution in [0.5, 0.6) is 0 Å². The van der Waals surface area contributed by atoms with Gasteiger partial charge in [0.1, 0.15) is 0 Å². The van der Waals surface area contributed by atoms with Crippen molar-refractivity contribution in [3.8, 4) is 0 Å². The number of nitrogens with one attached hydrogen (secondary N) is 2. The summed E-state index contributed by atoms with van der Waals surface area (Å²) in [7, 11) is -3.88. The molecule has 0 radical (unpaired) electrons. The number of anilines is 1. The first-order chi connectivity index (χ1) is 17.6. The molecule has 3 aromatic carbocycles. The molecule has 2 amide bonds. The average molecular weight is 523 g/mol. The van der Waals surface area contributed by atoms with E-state index < -0.39 is 16.1 Å². The van der Waals surface area contributed by atoms with Gasteiger partial charge in [-0.1, -0.05) is 42.5 Å². The van der Waals surface area contributed by atoms with E-state index in [1.54, 1.807) is 48.2 Å². The second kappa shape index (κ2) is 11.0. The molecule has 1 aliphatic rings. The molecule has 1 saturated heterocycles. The van der Waals surface area contributed by atoms with E-state index in [9.17, 15) is 18.0 Å². The topological polar surface area (TPSA) is 122 Å². The summed E-state index contributed by atoms with van der Waals surface area (Å²) in [6.07, 6.45) is 1.62. The third-order valence-corrected chi connectivity index (χ3v) is 8.64. The van der Waals surface area contributed by atoms with Crippen molar-refractivity contribution in [1.29, 1.82) is 0 Å². The number of carbonyl (C=O) groups is 2. The summed E-state index contributed by atoms with van der Waals surface area (Å²) >= 11 is 0. The molecule has 9 heteroatoms. The number of fused-ring (bicyclic) bond motifs is 1. The molecular weight excluding hydrogens is 488 g/mol. The van der Waals surface area contributed by atoms with Crippen molar-refractivity contribution in [3.05, 3.63) is 71.8 Å². The van der Waals surface area contributed by atoms with Crippen LogP contribution in [0.1, 0.15) is 42.6 Å². The fourth-order valence-electron chi connectivity index (χ4n) is 4.94. The lowest BCUT2D eigenvalue weighted by molar-refractivity contribution is -0.134. The predicted molar refractivity (Wildman–Crippen MR) is 146 cm³/mol. The Kier molecular flexibility index (Phi) is 7.96. The first-order valence-corrected chi connectivity index (χ1v) is 14.0. The molecule has 4 N–H and O–H groups in total. The van der Waals surface area contributed by atoms with E-state index in [4.69, 9.17) is 5.73 Å². The first kappa shape index (κ1) is 26.8.